The van der Waals surface area contributed by atoms with Crippen molar-refractivity contribution in [3.63, 3.8) is 0 Å². The summed E-state index contributed by atoms with van der Waals surface area (Å²) < 4.78 is 0. The average molecular weight is 324 g/mol. The van der Waals surface area contributed by atoms with Crippen LogP contribution in [0.4, 0.5) is 5.69 Å². The van der Waals surface area contributed by atoms with Crippen LogP contribution in [0, 0.1) is 11.3 Å². The minimum absolute atomic E-state index is 0.0836. The SMILES string of the molecule is CC(C)CC(C)NC(=N)N(C=O)Cc1cccc(N(O)P)c1. The third-order valence-corrected chi connectivity index (χ3v) is 3.45. The maximum absolute atomic E-state index is 11.3. The third kappa shape index (κ3) is 6.00. The Hall–Kier alpha value is -1.65. The lowest BCUT2D eigenvalue weighted by Gasteiger charge is -2.24. The molecular weight excluding hydrogens is 299 g/mol. The van der Waals surface area contributed by atoms with Crippen molar-refractivity contribution in [1.82, 2.24) is 10.2 Å². The molecular formula is C15H25N4O2P. The number of rotatable bonds is 7. The molecule has 1 aromatic rings. The van der Waals surface area contributed by atoms with Crippen molar-refractivity contribution in [3.05, 3.63) is 29.8 Å². The van der Waals surface area contributed by atoms with Gasteiger partial charge in [0, 0.05) is 6.04 Å². The first-order valence-electron chi connectivity index (χ1n) is 7.23. The Labute approximate surface area is 134 Å². The van der Waals surface area contributed by atoms with Gasteiger partial charge in [0.1, 0.15) is 0 Å². The molecule has 0 aliphatic heterocycles. The number of hydrogen-bond acceptors (Lipinski definition) is 4. The van der Waals surface area contributed by atoms with Crippen LogP contribution < -0.4 is 10.2 Å². The Morgan fingerprint density at radius 1 is 1.45 bits per heavy atom. The number of nitrogens with one attached hydrogen (secondary N) is 2. The van der Waals surface area contributed by atoms with E-state index in [-0.39, 0.29) is 18.5 Å². The number of carbonyl (C=O) groups excluding carboxylic acids is 1. The van der Waals surface area contributed by atoms with E-state index in [1.54, 1.807) is 18.2 Å². The van der Waals surface area contributed by atoms with Gasteiger partial charge in [-0.3, -0.25) is 20.3 Å². The van der Waals surface area contributed by atoms with Crippen LogP contribution in [-0.4, -0.2) is 28.5 Å². The third-order valence-electron chi connectivity index (χ3n) is 3.15. The molecule has 1 rings (SSSR count). The maximum Gasteiger partial charge on any atom is 0.216 e. The van der Waals surface area contributed by atoms with Gasteiger partial charge >= 0.3 is 0 Å². The minimum Gasteiger partial charge on any atom is -0.354 e. The topological polar surface area (TPSA) is 79.7 Å². The van der Waals surface area contributed by atoms with Crippen molar-refractivity contribution in [2.45, 2.75) is 39.8 Å². The zero-order chi connectivity index (χ0) is 16.7. The van der Waals surface area contributed by atoms with Crippen LogP contribution in [0.5, 0.6) is 0 Å². The highest BCUT2D eigenvalue weighted by Crippen LogP contribution is 2.18. The number of anilines is 1. The zero-order valence-electron chi connectivity index (χ0n) is 13.3. The van der Waals surface area contributed by atoms with E-state index in [1.807, 2.05) is 13.0 Å². The average Bonchev–Trinajstić information content (AvgIpc) is 2.43. The second-order valence-corrected chi connectivity index (χ2v) is 6.26. The summed E-state index contributed by atoms with van der Waals surface area (Å²) >= 11 is 0. The number of carbonyl (C=O) groups is 1. The van der Waals surface area contributed by atoms with Crippen molar-refractivity contribution in [3.8, 4) is 0 Å². The van der Waals surface area contributed by atoms with E-state index in [2.05, 4.69) is 28.6 Å². The van der Waals surface area contributed by atoms with Gasteiger partial charge in [0.05, 0.1) is 12.2 Å². The lowest BCUT2D eigenvalue weighted by Crippen LogP contribution is -2.43. The van der Waals surface area contributed by atoms with Gasteiger partial charge in [-0.05, 0) is 46.3 Å². The molecule has 0 fully saturated rings. The Balaban J connectivity index is 2.70. The molecule has 3 N–H and O–H groups in total. The molecule has 0 saturated carbocycles. The van der Waals surface area contributed by atoms with Gasteiger partial charge in [-0.1, -0.05) is 26.0 Å². The number of guanidine groups is 1. The van der Waals surface area contributed by atoms with Crippen LogP contribution in [-0.2, 0) is 11.3 Å². The summed E-state index contributed by atoms with van der Waals surface area (Å²) in [4.78, 5) is 13.5. The summed E-state index contributed by atoms with van der Waals surface area (Å²) in [5.74, 6) is 0.606. The Morgan fingerprint density at radius 2 is 2.14 bits per heavy atom. The normalized spacial score (nSPS) is 11.9. The fourth-order valence-electron chi connectivity index (χ4n) is 2.25. The molecule has 0 heterocycles. The summed E-state index contributed by atoms with van der Waals surface area (Å²) in [5, 5.41) is 20.5. The standard InChI is InChI=1S/C15H25N4O2P/c1-11(2)7-12(3)17-15(16)18(10-20)9-13-5-4-6-14(8-13)19(21)22/h4-6,8,10-12,21H,7,9,22H2,1-3H3,(H2,16,17). The number of hydrogen-bond donors (Lipinski definition) is 3. The predicted octanol–water partition coefficient (Wildman–Crippen LogP) is 2.59. The predicted molar refractivity (Wildman–Crippen MR) is 91.8 cm³/mol. The molecule has 22 heavy (non-hydrogen) atoms. The molecule has 0 radical (unpaired) electrons. The monoisotopic (exact) mass is 324 g/mol. The molecule has 0 spiro atoms. The molecule has 2 atom stereocenters. The van der Waals surface area contributed by atoms with Crippen LogP contribution in [0.1, 0.15) is 32.8 Å². The van der Waals surface area contributed by atoms with E-state index in [4.69, 9.17) is 5.41 Å². The fraction of sp³-hybridized carbons (Fsp3) is 0.467. The molecule has 1 aromatic carbocycles. The first kappa shape index (κ1) is 18.4. The largest absolute Gasteiger partial charge is 0.354 e. The van der Waals surface area contributed by atoms with Crippen LogP contribution in [0.15, 0.2) is 24.3 Å². The van der Waals surface area contributed by atoms with E-state index >= 15 is 0 Å². The van der Waals surface area contributed by atoms with Crippen molar-refractivity contribution in [2.75, 3.05) is 4.83 Å². The number of benzene rings is 1. The molecule has 122 valence electrons. The van der Waals surface area contributed by atoms with Gasteiger partial charge in [-0.2, -0.15) is 0 Å². The zero-order valence-corrected chi connectivity index (χ0v) is 14.4. The van der Waals surface area contributed by atoms with Crippen LogP contribution in [0.2, 0.25) is 0 Å². The molecule has 0 aliphatic carbocycles. The highest BCUT2D eigenvalue weighted by molar-refractivity contribution is 7.18. The van der Waals surface area contributed by atoms with Crippen LogP contribution >= 0.6 is 9.39 Å². The lowest BCUT2D eigenvalue weighted by molar-refractivity contribution is -0.115. The number of nitrogens with zero attached hydrogens (tertiary/aromatic N) is 2. The van der Waals surface area contributed by atoms with Gasteiger partial charge in [-0.25, -0.2) is 4.83 Å². The fourth-order valence-corrected chi connectivity index (χ4v) is 2.41. The van der Waals surface area contributed by atoms with E-state index in [1.165, 1.54) is 4.90 Å². The van der Waals surface area contributed by atoms with Gasteiger partial charge in [-0.15, -0.1) is 0 Å². The van der Waals surface area contributed by atoms with Gasteiger partial charge in [0.15, 0.2) is 5.96 Å². The van der Waals surface area contributed by atoms with Crippen LogP contribution in [0.25, 0.3) is 0 Å². The van der Waals surface area contributed by atoms with E-state index in [0.29, 0.717) is 18.0 Å². The summed E-state index contributed by atoms with van der Waals surface area (Å²) in [6, 6.07) is 7.27. The molecule has 7 heteroatoms. The molecule has 0 bridgehead atoms. The van der Waals surface area contributed by atoms with Crippen molar-refractivity contribution in [1.29, 1.82) is 5.41 Å². The smallest absolute Gasteiger partial charge is 0.216 e. The highest BCUT2D eigenvalue weighted by atomic mass is 31.0. The first-order chi connectivity index (χ1) is 10.3. The number of amides is 1. The summed E-state index contributed by atoms with van der Waals surface area (Å²) in [6.45, 7) is 6.51. The van der Waals surface area contributed by atoms with Gasteiger partial charge in [0.2, 0.25) is 6.41 Å². The molecule has 1 amide bonds. The quantitative estimate of drug-likeness (QED) is 0.237. The lowest BCUT2D eigenvalue weighted by atomic mass is 10.1. The van der Waals surface area contributed by atoms with Crippen molar-refractivity contribution in [2.24, 2.45) is 5.92 Å². The second-order valence-electron chi connectivity index (χ2n) is 5.77. The highest BCUT2D eigenvalue weighted by Gasteiger charge is 2.13. The second kappa shape index (κ2) is 8.71. The van der Waals surface area contributed by atoms with Crippen LogP contribution in [0.3, 0.4) is 0 Å². The summed E-state index contributed by atoms with van der Waals surface area (Å²) in [5.41, 5.74) is 1.43. The Kier molecular flexibility index (Phi) is 7.28. The molecule has 0 aromatic heterocycles. The summed E-state index contributed by atoms with van der Waals surface area (Å²) in [7, 11) is 2.16. The molecule has 6 nitrogen and oxygen atoms in total. The van der Waals surface area contributed by atoms with Gasteiger partial charge in [0.25, 0.3) is 0 Å². The minimum atomic E-state index is 0.0836. The van der Waals surface area contributed by atoms with E-state index in [9.17, 15) is 10.0 Å². The van der Waals surface area contributed by atoms with Gasteiger partial charge < -0.3 is 5.32 Å². The maximum atomic E-state index is 11.3. The molecule has 0 saturated heterocycles. The van der Waals surface area contributed by atoms with Crippen molar-refractivity contribution >= 4 is 27.4 Å². The molecule has 2 unspecified atom stereocenters. The Morgan fingerprint density at radius 3 is 2.68 bits per heavy atom. The first-order valence-corrected chi connectivity index (χ1v) is 7.74. The molecule has 0 aliphatic rings. The van der Waals surface area contributed by atoms with E-state index < -0.39 is 0 Å². The Bertz CT molecular complexity index is 508. The summed E-state index contributed by atoms with van der Waals surface area (Å²) in [6.07, 6.45) is 1.57. The van der Waals surface area contributed by atoms with E-state index in [0.717, 1.165) is 16.8 Å². The van der Waals surface area contributed by atoms with Crippen molar-refractivity contribution < 1.29 is 10.0 Å².